The van der Waals surface area contributed by atoms with Gasteiger partial charge >= 0.3 is 24.3 Å². The van der Waals surface area contributed by atoms with Gasteiger partial charge in [-0.25, -0.2) is 22.7 Å². The molecule has 57 heavy (non-hydrogen) atoms. The number of piperazine rings is 1. The van der Waals surface area contributed by atoms with Crippen LogP contribution in [-0.4, -0.2) is 116 Å². The molecule has 2 aliphatic heterocycles. The van der Waals surface area contributed by atoms with Gasteiger partial charge in [0, 0.05) is 69.2 Å². The number of halogens is 7. The molecule has 2 aromatic rings. The van der Waals surface area contributed by atoms with Crippen molar-refractivity contribution in [2.75, 3.05) is 39.0 Å². The third kappa shape index (κ3) is 16.1. The van der Waals surface area contributed by atoms with Crippen LogP contribution in [0, 0.1) is 5.92 Å². The number of carboxylic acid groups (broad SMARTS) is 2. The van der Waals surface area contributed by atoms with Crippen molar-refractivity contribution in [3.8, 4) is 0 Å². The predicted molar refractivity (Wildman–Crippen MR) is 196 cm³/mol. The van der Waals surface area contributed by atoms with Crippen molar-refractivity contribution in [3.05, 3.63) is 70.2 Å². The van der Waals surface area contributed by atoms with Crippen LogP contribution in [0.4, 0.5) is 26.3 Å². The Hall–Kier alpha value is -3.98. The first-order valence-electron chi connectivity index (χ1n) is 18.0. The summed E-state index contributed by atoms with van der Waals surface area (Å²) in [4.78, 5) is 49.2. The van der Waals surface area contributed by atoms with Crippen LogP contribution < -0.4 is 15.4 Å². The maximum Gasteiger partial charge on any atom is 0.490 e. The number of hydrogen-bond acceptors (Lipinski definition) is 8. The minimum atomic E-state index is -5.08. The van der Waals surface area contributed by atoms with Crippen molar-refractivity contribution in [2.45, 2.75) is 82.0 Å². The number of rotatable bonds is 11. The molecule has 0 spiro atoms. The fraction of sp³-hybridized carbons (Fsp3) is 0.556. The first-order chi connectivity index (χ1) is 26.5. The number of benzene rings is 2. The second-order valence-electron chi connectivity index (χ2n) is 13.8. The Balaban J connectivity index is 0.000000531. The minimum absolute atomic E-state index is 0.0803. The van der Waals surface area contributed by atoms with E-state index >= 15 is 0 Å². The van der Waals surface area contributed by atoms with Crippen LogP contribution in [0.15, 0.2) is 48.5 Å². The number of alkyl halides is 6. The van der Waals surface area contributed by atoms with E-state index in [9.17, 15) is 44.3 Å². The maximum atomic E-state index is 13.9. The van der Waals surface area contributed by atoms with Gasteiger partial charge in [-0.3, -0.25) is 14.5 Å². The molecule has 0 bridgehead atoms. The molecule has 318 valence electrons. The van der Waals surface area contributed by atoms with Crippen LogP contribution in [0.2, 0.25) is 5.02 Å². The van der Waals surface area contributed by atoms with Crippen LogP contribution in [0.1, 0.15) is 61.3 Å². The van der Waals surface area contributed by atoms with Crippen molar-refractivity contribution in [2.24, 2.45) is 5.92 Å². The Bertz CT molecular complexity index is 1750. The molecule has 1 saturated heterocycles. The fourth-order valence-corrected chi connectivity index (χ4v) is 7.50. The number of nitrogens with zero attached hydrogens (tertiary/aromatic N) is 2. The van der Waals surface area contributed by atoms with E-state index < -0.39 is 40.4 Å². The summed E-state index contributed by atoms with van der Waals surface area (Å²) in [6.07, 6.45) is -2.55. The first kappa shape index (κ1) is 47.4. The van der Waals surface area contributed by atoms with E-state index in [0.717, 1.165) is 30.5 Å². The lowest BCUT2D eigenvalue weighted by atomic mass is 9.83. The minimum Gasteiger partial charge on any atom is -0.475 e. The highest BCUT2D eigenvalue weighted by Crippen LogP contribution is 2.30. The standard InChI is InChI=1S/C32H44ClN5O4S.2C2HF3O2/c1-43(41,42)35-22-30(24-7-3-2-4-8-24)37-15-17-38(18-16-37)32(40)29(19-23-11-13-26(33)14-12-23)36-31(39)20-28-27-10-6-5-9-25(27)21-34-28;2*3-2(4,5)1(6)7/h5-6,9-14,24,28-30,34-35H,2-4,7-8,15-22H2,1H3,(H,36,39);2*(H,6,7). The quantitative estimate of drug-likeness (QED) is 0.202. The number of sulfonamides is 1. The van der Waals surface area contributed by atoms with Gasteiger partial charge in [0.25, 0.3) is 0 Å². The molecular formula is C36H46ClF6N5O8S. The van der Waals surface area contributed by atoms with Crippen LogP contribution in [-0.2, 0) is 42.2 Å². The smallest absolute Gasteiger partial charge is 0.475 e. The number of nitrogens with one attached hydrogen (secondary N) is 3. The molecular weight excluding hydrogens is 812 g/mol. The summed E-state index contributed by atoms with van der Waals surface area (Å²) in [5.41, 5.74) is 3.26. The molecule has 2 amide bonds. The highest BCUT2D eigenvalue weighted by atomic mass is 35.5. The summed E-state index contributed by atoms with van der Waals surface area (Å²) >= 11 is 6.10. The molecule has 2 fully saturated rings. The predicted octanol–water partition coefficient (Wildman–Crippen LogP) is 4.51. The van der Waals surface area contributed by atoms with Gasteiger partial charge in [0.05, 0.1) is 6.26 Å². The second-order valence-corrected chi connectivity index (χ2v) is 16.1. The molecule has 1 aliphatic carbocycles. The zero-order chi connectivity index (χ0) is 42.6. The van der Waals surface area contributed by atoms with Gasteiger partial charge in [0.15, 0.2) is 0 Å². The Morgan fingerprint density at radius 2 is 1.42 bits per heavy atom. The number of amides is 2. The molecule has 13 nitrogen and oxygen atoms in total. The molecule has 0 radical (unpaired) electrons. The fourth-order valence-electron chi connectivity index (χ4n) is 6.90. The third-order valence-corrected chi connectivity index (χ3v) is 10.6. The van der Waals surface area contributed by atoms with E-state index in [1.807, 2.05) is 29.2 Å². The van der Waals surface area contributed by atoms with Crippen molar-refractivity contribution < 1.29 is 64.2 Å². The summed E-state index contributed by atoms with van der Waals surface area (Å²) in [7, 11) is -3.30. The number of hydrogen-bond donors (Lipinski definition) is 5. The average molecular weight is 858 g/mol. The van der Waals surface area contributed by atoms with Gasteiger partial charge in [-0.1, -0.05) is 67.3 Å². The molecule has 3 atom stereocenters. The molecule has 21 heteroatoms. The van der Waals surface area contributed by atoms with E-state index in [4.69, 9.17) is 31.4 Å². The summed E-state index contributed by atoms with van der Waals surface area (Å²) in [5.74, 6) is -5.33. The first-order valence-corrected chi connectivity index (χ1v) is 20.2. The maximum absolute atomic E-state index is 13.9. The lowest BCUT2D eigenvalue weighted by Crippen LogP contribution is -2.59. The van der Waals surface area contributed by atoms with Crippen LogP contribution in [0.25, 0.3) is 0 Å². The molecule has 3 unspecified atom stereocenters. The monoisotopic (exact) mass is 857 g/mol. The number of carbonyl (C=O) groups is 4. The molecule has 3 aliphatic rings. The summed E-state index contributed by atoms with van der Waals surface area (Å²) in [6.45, 7) is 3.53. The van der Waals surface area contributed by atoms with Crippen LogP contribution in [0.3, 0.4) is 0 Å². The van der Waals surface area contributed by atoms with E-state index in [0.29, 0.717) is 50.1 Å². The van der Waals surface area contributed by atoms with Gasteiger partial charge < -0.3 is 25.7 Å². The van der Waals surface area contributed by atoms with E-state index in [-0.39, 0.29) is 30.3 Å². The van der Waals surface area contributed by atoms with Gasteiger partial charge in [0.1, 0.15) is 6.04 Å². The molecule has 2 heterocycles. The van der Waals surface area contributed by atoms with Crippen molar-refractivity contribution in [3.63, 3.8) is 0 Å². The van der Waals surface area contributed by atoms with E-state index in [2.05, 4.69) is 32.4 Å². The SMILES string of the molecule is CS(=O)(=O)NCC(C1CCCCC1)N1CCN(C(=O)C(Cc2ccc(Cl)cc2)NC(=O)CC2NCc3ccccc32)CC1.O=C(O)C(F)(F)F.O=C(O)C(F)(F)F. The molecule has 5 N–H and O–H groups in total. The number of carbonyl (C=O) groups excluding carboxylic acids is 2. The molecule has 5 rings (SSSR count). The van der Waals surface area contributed by atoms with E-state index in [1.54, 1.807) is 12.1 Å². The number of carboxylic acids is 2. The highest BCUT2D eigenvalue weighted by Gasteiger charge is 2.39. The number of fused-ring (bicyclic) bond motifs is 1. The van der Waals surface area contributed by atoms with Crippen molar-refractivity contribution in [1.82, 2.24) is 25.2 Å². The Morgan fingerprint density at radius 3 is 1.95 bits per heavy atom. The average Bonchev–Trinajstić information content (AvgIpc) is 3.54. The lowest BCUT2D eigenvalue weighted by Gasteiger charge is -2.44. The summed E-state index contributed by atoms with van der Waals surface area (Å²) < 4.78 is 90.0. The molecule has 2 aromatic carbocycles. The molecule has 0 aromatic heterocycles. The summed E-state index contributed by atoms with van der Waals surface area (Å²) in [6, 6.07) is 14.8. The van der Waals surface area contributed by atoms with Gasteiger partial charge in [-0.2, -0.15) is 26.3 Å². The zero-order valence-corrected chi connectivity index (χ0v) is 32.5. The lowest BCUT2D eigenvalue weighted by molar-refractivity contribution is -0.193. The second kappa shape index (κ2) is 21.1. The van der Waals surface area contributed by atoms with Gasteiger partial charge in [-0.05, 0) is 47.6 Å². The van der Waals surface area contributed by atoms with Crippen molar-refractivity contribution in [1.29, 1.82) is 0 Å². The summed E-state index contributed by atoms with van der Waals surface area (Å²) in [5, 5.41) is 21.4. The highest BCUT2D eigenvalue weighted by molar-refractivity contribution is 7.88. The zero-order valence-electron chi connectivity index (χ0n) is 30.9. The van der Waals surface area contributed by atoms with Crippen molar-refractivity contribution >= 4 is 45.4 Å². The topological polar surface area (TPSA) is 185 Å². The third-order valence-electron chi connectivity index (χ3n) is 9.67. The Kier molecular flexibility index (Phi) is 17.6. The molecule has 1 saturated carbocycles. The van der Waals surface area contributed by atoms with E-state index in [1.165, 1.54) is 31.1 Å². The Labute approximate surface area is 331 Å². The Morgan fingerprint density at radius 1 is 0.877 bits per heavy atom. The van der Waals surface area contributed by atoms with Gasteiger partial charge in [0.2, 0.25) is 21.8 Å². The van der Waals surface area contributed by atoms with Crippen LogP contribution >= 0.6 is 11.6 Å². The number of aliphatic carboxylic acids is 2. The largest absolute Gasteiger partial charge is 0.490 e. The van der Waals surface area contributed by atoms with Gasteiger partial charge in [-0.15, -0.1) is 0 Å². The van der Waals surface area contributed by atoms with Crippen LogP contribution in [0.5, 0.6) is 0 Å². The normalized spacial score (nSPS) is 18.8.